The molecule has 0 amide bonds. The number of nitriles is 1. The molecule has 0 N–H and O–H groups in total. The van der Waals surface area contributed by atoms with E-state index < -0.39 is 0 Å². The second-order valence-corrected chi connectivity index (χ2v) is 5.86. The minimum absolute atomic E-state index is 0.418. The van der Waals surface area contributed by atoms with Crippen LogP contribution < -0.4 is 4.90 Å². The molecule has 2 aromatic rings. The van der Waals surface area contributed by atoms with Crippen molar-refractivity contribution in [2.75, 3.05) is 11.4 Å². The summed E-state index contributed by atoms with van der Waals surface area (Å²) in [6.07, 6.45) is 4.64. The molecule has 0 unspecified atom stereocenters. The molecule has 5 nitrogen and oxygen atoms in total. The van der Waals surface area contributed by atoms with Gasteiger partial charge < -0.3 is 4.90 Å². The quantitative estimate of drug-likeness (QED) is 0.872. The van der Waals surface area contributed by atoms with E-state index in [2.05, 4.69) is 28.1 Å². The van der Waals surface area contributed by atoms with Crippen LogP contribution in [-0.2, 0) is 0 Å². The highest BCUT2D eigenvalue weighted by Gasteiger charge is 2.26. The summed E-state index contributed by atoms with van der Waals surface area (Å²) < 4.78 is 0. The van der Waals surface area contributed by atoms with E-state index in [-0.39, 0.29) is 0 Å². The Morgan fingerprint density at radius 2 is 2.00 bits per heavy atom. The van der Waals surface area contributed by atoms with Gasteiger partial charge in [-0.05, 0) is 44.7 Å². The molecule has 22 heavy (non-hydrogen) atoms. The van der Waals surface area contributed by atoms with Gasteiger partial charge in [-0.3, -0.25) is 0 Å². The monoisotopic (exact) mass is 295 g/mol. The van der Waals surface area contributed by atoms with Crippen molar-refractivity contribution < 1.29 is 0 Å². The Hall–Kier alpha value is -2.35. The molecule has 1 fully saturated rings. The maximum Gasteiger partial charge on any atom is 0.207 e. The van der Waals surface area contributed by atoms with E-state index in [0.29, 0.717) is 11.7 Å². The fourth-order valence-electron chi connectivity index (χ4n) is 3.06. The summed E-state index contributed by atoms with van der Waals surface area (Å²) >= 11 is 0. The molecular weight excluding hydrogens is 274 g/mol. The van der Waals surface area contributed by atoms with Crippen molar-refractivity contribution in [3.8, 4) is 11.8 Å². The first-order valence-corrected chi connectivity index (χ1v) is 7.94. The zero-order chi connectivity index (χ0) is 15.5. The highest BCUT2D eigenvalue weighted by Crippen LogP contribution is 2.27. The first kappa shape index (κ1) is 14.6. The van der Waals surface area contributed by atoms with Crippen LogP contribution in [0.1, 0.15) is 43.9 Å². The highest BCUT2D eigenvalue weighted by atomic mass is 15.5. The van der Waals surface area contributed by atoms with Gasteiger partial charge >= 0.3 is 0 Å². The molecule has 1 atom stereocenters. The van der Waals surface area contributed by atoms with Gasteiger partial charge in [0.2, 0.25) is 5.69 Å². The minimum atomic E-state index is 0.418. The van der Waals surface area contributed by atoms with Crippen LogP contribution in [0.4, 0.5) is 5.82 Å². The number of benzene rings is 1. The zero-order valence-electron chi connectivity index (χ0n) is 13.2. The van der Waals surface area contributed by atoms with Crippen molar-refractivity contribution in [3.05, 3.63) is 35.5 Å². The summed E-state index contributed by atoms with van der Waals surface area (Å²) in [7, 11) is 0. The molecule has 1 aliphatic heterocycles. The van der Waals surface area contributed by atoms with E-state index in [0.717, 1.165) is 30.9 Å². The molecule has 0 saturated carbocycles. The van der Waals surface area contributed by atoms with E-state index in [9.17, 15) is 5.26 Å². The molecule has 114 valence electrons. The maximum absolute atomic E-state index is 9.42. The fraction of sp³-hybridized carbons (Fsp3) is 0.471. The third-order valence-electron chi connectivity index (χ3n) is 4.34. The minimum Gasteiger partial charge on any atom is -0.350 e. The first-order chi connectivity index (χ1) is 10.7. The Morgan fingerprint density at radius 1 is 1.23 bits per heavy atom. The largest absolute Gasteiger partial charge is 0.350 e. The average molecular weight is 295 g/mol. The number of hydrogen-bond acceptors (Lipinski definition) is 4. The van der Waals surface area contributed by atoms with Crippen LogP contribution in [0.5, 0.6) is 0 Å². The first-order valence-electron chi connectivity index (χ1n) is 7.94. The third-order valence-corrected chi connectivity index (χ3v) is 4.34. The molecule has 5 heteroatoms. The van der Waals surface area contributed by atoms with Crippen LogP contribution >= 0.6 is 0 Å². The molecular formula is C17H21N5. The standard InChI is InChI=1S/C17H21N5/c1-3-14-6-4-5-11-21(14)17-16(12-18)19-22(20-17)15-9-7-13(2)8-10-15/h7-10,14H,3-6,11H2,1-2H3/t14-/m1/s1. The van der Waals surface area contributed by atoms with Crippen molar-refractivity contribution in [2.45, 2.75) is 45.6 Å². The maximum atomic E-state index is 9.42. The van der Waals surface area contributed by atoms with Crippen LogP contribution in [0.25, 0.3) is 5.69 Å². The van der Waals surface area contributed by atoms with Crippen molar-refractivity contribution in [1.29, 1.82) is 5.26 Å². The molecule has 0 radical (unpaired) electrons. The predicted octanol–water partition coefficient (Wildman–Crippen LogP) is 3.22. The number of hydrogen-bond donors (Lipinski definition) is 0. The van der Waals surface area contributed by atoms with Gasteiger partial charge in [0.15, 0.2) is 5.82 Å². The predicted molar refractivity (Wildman–Crippen MR) is 86.1 cm³/mol. The Labute approximate surface area is 131 Å². The summed E-state index contributed by atoms with van der Waals surface area (Å²) in [5.74, 6) is 0.731. The lowest BCUT2D eigenvalue weighted by Gasteiger charge is -2.35. The van der Waals surface area contributed by atoms with Crippen molar-refractivity contribution >= 4 is 5.82 Å². The van der Waals surface area contributed by atoms with Gasteiger partial charge in [0.1, 0.15) is 6.07 Å². The van der Waals surface area contributed by atoms with Gasteiger partial charge in [-0.15, -0.1) is 15.0 Å². The van der Waals surface area contributed by atoms with E-state index in [1.165, 1.54) is 18.4 Å². The smallest absolute Gasteiger partial charge is 0.207 e. The van der Waals surface area contributed by atoms with Crippen LogP contribution in [0.15, 0.2) is 24.3 Å². The Bertz CT molecular complexity index is 680. The normalized spacial score (nSPS) is 18.2. The van der Waals surface area contributed by atoms with Crippen molar-refractivity contribution in [1.82, 2.24) is 15.0 Å². The molecule has 1 aliphatic rings. The van der Waals surface area contributed by atoms with Gasteiger partial charge in [-0.1, -0.05) is 24.6 Å². The van der Waals surface area contributed by atoms with Crippen LogP contribution in [0.3, 0.4) is 0 Å². The van der Waals surface area contributed by atoms with E-state index in [1.54, 1.807) is 4.80 Å². The van der Waals surface area contributed by atoms with Crippen LogP contribution in [0, 0.1) is 18.3 Å². The second kappa shape index (κ2) is 6.18. The SMILES string of the molecule is CC[C@@H]1CCCCN1c1nn(-c2ccc(C)cc2)nc1C#N. The van der Waals surface area contributed by atoms with E-state index >= 15 is 0 Å². The zero-order valence-corrected chi connectivity index (χ0v) is 13.2. The number of piperidine rings is 1. The Kier molecular flexibility index (Phi) is 4.10. The van der Waals surface area contributed by atoms with E-state index in [1.807, 2.05) is 31.2 Å². The molecule has 0 aliphatic carbocycles. The topological polar surface area (TPSA) is 57.7 Å². The average Bonchev–Trinajstić information content (AvgIpc) is 2.99. The lowest BCUT2D eigenvalue weighted by atomic mass is 10.00. The number of aryl methyl sites for hydroxylation is 1. The highest BCUT2D eigenvalue weighted by molar-refractivity contribution is 5.51. The van der Waals surface area contributed by atoms with Gasteiger partial charge in [0, 0.05) is 12.6 Å². The van der Waals surface area contributed by atoms with Crippen LogP contribution in [0.2, 0.25) is 0 Å². The second-order valence-electron chi connectivity index (χ2n) is 5.86. The van der Waals surface area contributed by atoms with Crippen molar-refractivity contribution in [2.24, 2.45) is 0 Å². The summed E-state index contributed by atoms with van der Waals surface area (Å²) in [6.45, 7) is 5.20. The number of aromatic nitrogens is 3. The number of nitrogens with zero attached hydrogens (tertiary/aromatic N) is 5. The summed E-state index contributed by atoms with van der Waals surface area (Å²) in [5, 5.41) is 18.4. The number of rotatable bonds is 3. The fourth-order valence-corrected chi connectivity index (χ4v) is 3.06. The number of anilines is 1. The molecule has 2 heterocycles. The summed E-state index contributed by atoms with van der Waals surface area (Å²) in [4.78, 5) is 3.84. The van der Waals surface area contributed by atoms with Gasteiger partial charge in [0.25, 0.3) is 0 Å². The lowest BCUT2D eigenvalue weighted by Crippen LogP contribution is -2.39. The Morgan fingerprint density at radius 3 is 2.68 bits per heavy atom. The van der Waals surface area contributed by atoms with Gasteiger partial charge in [-0.2, -0.15) is 5.26 Å². The molecule has 0 bridgehead atoms. The van der Waals surface area contributed by atoms with Crippen LogP contribution in [-0.4, -0.2) is 27.6 Å². The lowest BCUT2D eigenvalue weighted by molar-refractivity contribution is 0.446. The molecule has 1 aromatic carbocycles. The van der Waals surface area contributed by atoms with Gasteiger partial charge in [-0.25, -0.2) is 0 Å². The Balaban J connectivity index is 1.98. The molecule has 1 aromatic heterocycles. The summed E-state index contributed by atoms with van der Waals surface area (Å²) in [5.41, 5.74) is 2.50. The van der Waals surface area contributed by atoms with Gasteiger partial charge in [0.05, 0.1) is 5.69 Å². The molecule has 0 spiro atoms. The van der Waals surface area contributed by atoms with Crippen molar-refractivity contribution in [3.63, 3.8) is 0 Å². The summed E-state index contributed by atoms with van der Waals surface area (Å²) in [6, 6.07) is 10.7. The molecule has 1 saturated heterocycles. The third kappa shape index (κ3) is 2.69. The van der Waals surface area contributed by atoms with E-state index in [4.69, 9.17) is 0 Å². The molecule has 3 rings (SSSR count).